The highest BCUT2D eigenvalue weighted by Crippen LogP contribution is 2.27. The zero-order valence-corrected chi connectivity index (χ0v) is 14.3. The number of nitrogens with zero attached hydrogens (tertiary/aromatic N) is 4. The number of carbonyl (C=O) groups excluding carboxylic acids is 1. The average molecular weight is 338 g/mol. The zero-order chi connectivity index (χ0) is 17.8. The number of esters is 1. The summed E-state index contributed by atoms with van der Waals surface area (Å²) in [6.07, 6.45) is 1.79. The number of aromatic nitrogens is 2. The highest BCUT2D eigenvalue weighted by atomic mass is 16.5. The molecule has 3 aromatic rings. The van der Waals surface area contributed by atoms with Crippen LogP contribution >= 0.6 is 0 Å². The first-order chi connectivity index (χ1) is 12.1. The van der Waals surface area contributed by atoms with Crippen LogP contribution in [0, 0.1) is 6.92 Å². The second-order valence-corrected chi connectivity index (χ2v) is 5.29. The molecule has 0 bridgehead atoms. The molecule has 0 N–H and O–H groups in total. The minimum Gasteiger partial charge on any atom is -0.497 e. The Kier molecular flexibility index (Phi) is 4.74. The van der Waals surface area contributed by atoms with E-state index >= 15 is 0 Å². The molecule has 0 amide bonds. The number of pyridine rings is 1. The van der Waals surface area contributed by atoms with Crippen molar-refractivity contribution in [3.05, 3.63) is 53.9 Å². The molecule has 0 unspecified atom stereocenters. The van der Waals surface area contributed by atoms with Gasteiger partial charge in [-0.25, -0.2) is 9.78 Å². The van der Waals surface area contributed by atoms with E-state index in [1.165, 1.54) is 0 Å². The van der Waals surface area contributed by atoms with E-state index in [9.17, 15) is 4.79 Å². The van der Waals surface area contributed by atoms with Crippen LogP contribution in [0.25, 0.3) is 5.65 Å². The Morgan fingerprint density at radius 2 is 2.08 bits per heavy atom. The molecule has 2 heterocycles. The molecule has 7 nitrogen and oxygen atoms in total. The number of ether oxygens (including phenoxy) is 2. The van der Waals surface area contributed by atoms with E-state index in [0.717, 1.165) is 5.56 Å². The number of imidazole rings is 1. The van der Waals surface area contributed by atoms with Crippen molar-refractivity contribution >= 4 is 23.1 Å². The Balaban J connectivity index is 2.09. The van der Waals surface area contributed by atoms with Crippen LogP contribution in [0.1, 0.15) is 23.0 Å². The Morgan fingerprint density at radius 3 is 2.84 bits per heavy atom. The summed E-state index contributed by atoms with van der Waals surface area (Å²) in [5.74, 6) is 0.487. The van der Waals surface area contributed by atoms with Crippen molar-refractivity contribution < 1.29 is 14.3 Å². The maximum atomic E-state index is 12.2. The molecule has 0 atom stereocenters. The number of aryl methyl sites for hydroxylation is 1. The molecule has 128 valence electrons. The van der Waals surface area contributed by atoms with Crippen molar-refractivity contribution in [1.82, 2.24) is 9.38 Å². The van der Waals surface area contributed by atoms with Gasteiger partial charge in [-0.05, 0) is 37.6 Å². The number of azo groups is 1. The predicted octanol–water partition coefficient (Wildman–Crippen LogP) is 4.24. The maximum absolute atomic E-state index is 12.2. The molecule has 3 rings (SSSR count). The van der Waals surface area contributed by atoms with Crippen LogP contribution in [0.2, 0.25) is 0 Å². The number of methoxy groups -OCH3 is 1. The average Bonchev–Trinajstić information content (AvgIpc) is 3.00. The van der Waals surface area contributed by atoms with Crippen LogP contribution in [0.3, 0.4) is 0 Å². The summed E-state index contributed by atoms with van der Waals surface area (Å²) in [5.41, 5.74) is 2.32. The first-order valence-corrected chi connectivity index (χ1v) is 7.84. The molecule has 0 aliphatic rings. The minimum atomic E-state index is -0.523. The second kappa shape index (κ2) is 7.12. The number of benzene rings is 1. The Morgan fingerprint density at radius 1 is 1.24 bits per heavy atom. The standard InChI is InChI=1S/C18H18N4O3/c1-4-25-18(23)15-17(22-10-6-7-12(2)16(22)19-15)21-20-13-8-5-9-14(11-13)24-3/h5-11H,4H2,1-3H3. The van der Waals surface area contributed by atoms with Gasteiger partial charge in [-0.15, -0.1) is 10.2 Å². The summed E-state index contributed by atoms with van der Waals surface area (Å²) >= 11 is 0. The van der Waals surface area contributed by atoms with E-state index in [1.807, 2.05) is 31.2 Å². The van der Waals surface area contributed by atoms with Gasteiger partial charge in [0.1, 0.15) is 11.4 Å². The zero-order valence-electron chi connectivity index (χ0n) is 14.3. The Hall–Kier alpha value is -3.22. The quantitative estimate of drug-likeness (QED) is 0.515. The molecule has 0 fully saturated rings. The molecule has 0 spiro atoms. The Labute approximate surface area is 144 Å². The third-order valence-electron chi connectivity index (χ3n) is 3.60. The third kappa shape index (κ3) is 3.35. The summed E-state index contributed by atoms with van der Waals surface area (Å²) in [5, 5.41) is 8.47. The van der Waals surface area contributed by atoms with Gasteiger partial charge in [-0.3, -0.25) is 4.40 Å². The number of rotatable bonds is 5. The molecule has 0 saturated carbocycles. The molecular formula is C18H18N4O3. The molecule has 7 heteroatoms. The lowest BCUT2D eigenvalue weighted by Gasteiger charge is -2.01. The predicted molar refractivity (Wildman–Crippen MR) is 93.1 cm³/mol. The van der Waals surface area contributed by atoms with Crippen molar-refractivity contribution in [3.8, 4) is 5.75 Å². The van der Waals surface area contributed by atoms with E-state index in [4.69, 9.17) is 9.47 Å². The number of fused-ring (bicyclic) bond motifs is 1. The number of hydrogen-bond acceptors (Lipinski definition) is 6. The molecule has 25 heavy (non-hydrogen) atoms. The van der Waals surface area contributed by atoms with Crippen molar-refractivity contribution in [3.63, 3.8) is 0 Å². The van der Waals surface area contributed by atoms with Gasteiger partial charge in [-0.1, -0.05) is 12.1 Å². The van der Waals surface area contributed by atoms with Crippen LogP contribution in [0.15, 0.2) is 52.8 Å². The lowest BCUT2D eigenvalue weighted by atomic mass is 10.3. The number of carbonyl (C=O) groups is 1. The van der Waals surface area contributed by atoms with E-state index in [1.54, 1.807) is 36.8 Å². The van der Waals surface area contributed by atoms with Gasteiger partial charge in [0.15, 0.2) is 11.5 Å². The van der Waals surface area contributed by atoms with Gasteiger partial charge < -0.3 is 9.47 Å². The van der Waals surface area contributed by atoms with Gasteiger partial charge in [0.2, 0.25) is 0 Å². The van der Waals surface area contributed by atoms with Gasteiger partial charge in [-0.2, -0.15) is 0 Å². The van der Waals surface area contributed by atoms with Crippen molar-refractivity contribution in [2.45, 2.75) is 13.8 Å². The van der Waals surface area contributed by atoms with E-state index in [2.05, 4.69) is 15.2 Å². The number of hydrogen-bond donors (Lipinski definition) is 0. The summed E-state index contributed by atoms with van der Waals surface area (Å²) < 4.78 is 12.0. The molecule has 1 aromatic carbocycles. The summed E-state index contributed by atoms with van der Waals surface area (Å²) in [4.78, 5) is 16.6. The largest absolute Gasteiger partial charge is 0.497 e. The van der Waals surface area contributed by atoms with E-state index in [0.29, 0.717) is 22.9 Å². The van der Waals surface area contributed by atoms with Crippen molar-refractivity contribution in [1.29, 1.82) is 0 Å². The SMILES string of the molecule is CCOC(=O)c1nc2c(C)cccn2c1N=Nc1cccc(OC)c1. The van der Waals surface area contributed by atoms with Gasteiger partial charge in [0.05, 0.1) is 19.4 Å². The fourth-order valence-electron chi connectivity index (χ4n) is 2.40. The topological polar surface area (TPSA) is 77.5 Å². The minimum absolute atomic E-state index is 0.141. The first kappa shape index (κ1) is 16.6. The van der Waals surface area contributed by atoms with Crippen LogP contribution in [0.5, 0.6) is 5.75 Å². The van der Waals surface area contributed by atoms with Gasteiger partial charge in [0, 0.05) is 12.3 Å². The highest BCUT2D eigenvalue weighted by Gasteiger charge is 2.21. The van der Waals surface area contributed by atoms with Crippen molar-refractivity contribution in [2.24, 2.45) is 10.2 Å². The summed E-state index contributed by atoms with van der Waals surface area (Å²) in [6.45, 7) is 3.93. The second-order valence-electron chi connectivity index (χ2n) is 5.29. The van der Waals surface area contributed by atoms with Crippen LogP contribution < -0.4 is 4.74 Å². The summed E-state index contributed by atoms with van der Waals surface area (Å²) in [6, 6.07) is 11.0. The Bertz CT molecular complexity index is 947. The molecule has 0 aliphatic carbocycles. The fourth-order valence-corrected chi connectivity index (χ4v) is 2.40. The van der Waals surface area contributed by atoms with Crippen LogP contribution in [0.4, 0.5) is 11.5 Å². The molecule has 0 radical (unpaired) electrons. The lowest BCUT2D eigenvalue weighted by molar-refractivity contribution is 0.0521. The van der Waals surface area contributed by atoms with Crippen molar-refractivity contribution in [2.75, 3.05) is 13.7 Å². The molecule has 2 aromatic heterocycles. The van der Waals surface area contributed by atoms with Crippen LogP contribution in [-0.4, -0.2) is 29.1 Å². The van der Waals surface area contributed by atoms with E-state index < -0.39 is 5.97 Å². The normalized spacial score (nSPS) is 11.2. The maximum Gasteiger partial charge on any atom is 0.360 e. The van der Waals surface area contributed by atoms with Gasteiger partial charge >= 0.3 is 5.97 Å². The lowest BCUT2D eigenvalue weighted by Crippen LogP contribution is -2.05. The highest BCUT2D eigenvalue weighted by molar-refractivity contribution is 5.93. The molecule has 0 saturated heterocycles. The first-order valence-electron chi connectivity index (χ1n) is 7.84. The van der Waals surface area contributed by atoms with Gasteiger partial charge in [0.25, 0.3) is 0 Å². The molecule has 0 aliphatic heterocycles. The summed E-state index contributed by atoms with van der Waals surface area (Å²) in [7, 11) is 1.59. The third-order valence-corrected chi connectivity index (χ3v) is 3.60. The van der Waals surface area contributed by atoms with Crippen LogP contribution in [-0.2, 0) is 4.74 Å². The molecular weight excluding hydrogens is 320 g/mol. The smallest absolute Gasteiger partial charge is 0.360 e. The van der Waals surface area contributed by atoms with E-state index in [-0.39, 0.29) is 12.3 Å². The fraction of sp³-hybridized carbons (Fsp3) is 0.222. The monoisotopic (exact) mass is 338 g/mol.